The molecule has 0 aromatic heterocycles. The van der Waals surface area contributed by atoms with Gasteiger partial charge in [-0.25, -0.2) is 8.78 Å². The molecule has 0 aliphatic rings. The van der Waals surface area contributed by atoms with Gasteiger partial charge >= 0.3 is 6.18 Å². The van der Waals surface area contributed by atoms with E-state index in [2.05, 4.69) is 0 Å². The van der Waals surface area contributed by atoms with Gasteiger partial charge in [0.25, 0.3) is 0 Å². The molecule has 0 spiro atoms. The summed E-state index contributed by atoms with van der Waals surface area (Å²) in [5, 5.41) is 9.46. The Morgan fingerprint density at radius 1 is 1.18 bits per heavy atom. The number of hydrogen-bond donors (Lipinski definition) is 1. The van der Waals surface area contributed by atoms with Crippen molar-refractivity contribution >= 4 is 0 Å². The van der Waals surface area contributed by atoms with Crippen molar-refractivity contribution in [1.82, 2.24) is 0 Å². The van der Waals surface area contributed by atoms with Gasteiger partial charge in [-0.1, -0.05) is 6.07 Å². The van der Waals surface area contributed by atoms with Crippen molar-refractivity contribution in [2.45, 2.75) is 31.5 Å². The summed E-state index contributed by atoms with van der Waals surface area (Å²) in [5.41, 5.74) is -0.187. The maximum absolute atomic E-state index is 13.1. The van der Waals surface area contributed by atoms with E-state index in [1.165, 1.54) is 0 Å². The second kappa shape index (κ2) is 5.44. The summed E-state index contributed by atoms with van der Waals surface area (Å²) in [6.07, 6.45) is -7.20. The van der Waals surface area contributed by atoms with Crippen molar-refractivity contribution < 1.29 is 27.1 Å². The van der Waals surface area contributed by atoms with E-state index in [0.717, 1.165) is 12.1 Å². The smallest absolute Gasteiger partial charge is 0.388 e. The molecule has 1 N–H and O–H groups in total. The fourth-order valence-corrected chi connectivity index (χ4v) is 1.42. The Kier molecular flexibility index (Phi) is 4.45. The summed E-state index contributed by atoms with van der Waals surface area (Å²) in [7, 11) is 0. The molecule has 0 fully saturated rings. The number of hydrogen-bond acceptors (Lipinski definition) is 1. The lowest BCUT2D eigenvalue weighted by Crippen LogP contribution is -2.08. The average molecular weight is 254 g/mol. The Morgan fingerprint density at radius 3 is 2.35 bits per heavy atom. The Labute approximate surface area is 94.9 Å². The number of aliphatic hydroxyl groups is 1. The normalized spacial score (nSPS) is 13.8. The van der Waals surface area contributed by atoms with E-state index in [0.29, 0.717) is 6.07 Å². The van der Waals surface area contributed by atoms with Gasteiger partial charge in [-0.05, 0) is 18.9 Å². The first-order valence-electron chi connectivity index (χ1n) is 4.99. The largest absolute Gasteiger partial charge is 0.389 e. The van der Waals surface area contributed by atoms with Crippen LogP contribution in [0.4, 0.5) is 22.0 Å². The quantitative estimate of drug-likeness (QED) is 0.812. The number of rotatable bonds is 4. The van der Waals surface area contributed by atoms with E-state index in [4.69, 9.17) is 0 Å². The molecule has 0 heterocycles. The first-order chi connectivity index (χ1) is 7.79. The van der Waals surface area contributed by atoms with Gasteiger partial charge < -0.3 is 5.11 Å². The Morgan fingerprint density at radius 2 is 1.82 bits per heavy atom. The van der Waals surface area contributed by atoms with Gasteiger partial charge in [0.15, 0.2) is 0 Å². The van der Waals surface area contributed by atoms with Gasteiger partial charge in [0.05, 0.1) is 6.10 Å². The third-order valence-electron chi connectivity index (χ3n) is 2.26. The molecule has 1 rings (SSSR count). The average Bonchev–Trinajstić information content (AvgIpc) is 2.15. The number of aliphatic hydroxyl groups excluding tert-OH is 1. The monoisotopic (exact) mass is 254 g/mol. The zero-order valence-electron chi connectivity index (χ0n) is 8.77. The van der Waals surface area contributed by atoms with Crippen molar-refractivity contribution in [2.75, 3.05) is 0 Å². The fourth-order valence-electron chi connectivity index (χ4n) is 1.42. The van der Waals surface area contributed by atoms with Crippen LogP contribution >= 0.6 is 0 Å². The highest BCUT2D eigenvalue weighted by Gasteiger charge is 2.27. The van der Waals surface area contributed by atoms with Crippen LogP contribution in [-0.2, 0) is 0 Å². The molecule has 1 aromatic rings. The molecule has 1 atom stereocenters. The van der Waals surface area contributed by atoms with Crippen molar-refractivity contribution in [3.05, 3.63) is 35.4 Å². The van der Waals surface area contributed by atoms with Crippen molar-refractivity contribution in [2.24, 2.45) is 0 Å². The van der Waals surface area contributed by atoms with Gasteiger partial charge in [0.1, 0.15) is 11.6 Å². The van der Waals surface area contributed by atoms with Crippen LogP contribution in [0.3, 0.4) is 0 Å². The summed E-state index contributed by atoms with van der Waals surface area (Å²) in [5.74, 6) is -1.75. The van der Waals surface area contributed by atoms with E-state index in [9.17, 15) is 27.1 Å². The summed E-state index contributed by atoms with van der Waals surface area (Å²) < 4.78 is 61.2. The summed E-state index contributed by atoms with van der Waals surface area (Å²) >= 11 is 0. The molecule has 0 saturated heterocycles. The highest BCUT2D eigenvalue weighted by molar-refractivity contribution is 5.20. The second-order valence-corrected chi connectivity index (χ2v) is 3.69. The molecule has 1 unspecified atom stereocenters. The molecular weight excluding hydrogens is 243 g/mol. The van der Waals surface area contributed by atoms with E-state index < -0.39 is 30.3 Å². The SMILES string of the molecule is OC(CCCC(F)(F)F)c1ccc(F)cc1F. The summed E-state index contributed by atoms with van der Waals surface area (Å²) in [6, 6.07) is 2.57. The minimum atomic E-state index is -4.29. The fraction of sp³-hybridized carbons (Fsp3) is 0.455. The molecule has 0 bridgehead atoms. The number of alkyl halides is 3. The predicted octanol–water partition coefficient (Wildman–Crippen LogP) is 3.73. The van der Waals surface area contributed by atoms with Crippen LogP contribution in [0.25, 0.3) is 0 Å². The predicted molar refractivity (Wildman–Crippen MR) is 51.2 cm³/mol. The molecule has 0 aliphatic carbocycles. The van der Waals surface area contributed by atoms with Crippen LogP contribution in [0.1, 0.15) is 30.9 Å². The first kappa shape index (κ1) is 13.9. The van der Waals surface area contributed by atoms with Gasteiger partial charge in [-0.2, -0.15) is 13.2 Å². The van der Waals surface area contributed by atoms with Crippen LogP contribution in [0.2, 0.25) is 0 Å². The van der Waals surface area contributed by atoms with Gasteiger partial charge in [-0.3, -0.25) is 0 Å². The van der Waals surface area contributed by atoms with Crippen molar-refractivity contribution in [3.8, 4) is 0 Å². The topological polar surface area (TPSA) is 20.2 Å². The minimum Gasteiger partial charge on any atom is -0.388 e. The lowest BCUT2D eigenvalue weighted by atomic mass is 10.0. The molecule has 0 saturated carbocycles. The highest BCUT2D eigenvalue weighted by atomic mass is 19.4. The van der Waals surface area contributed by atoms with Gasteiger partial charge in [0, 0.05) is 18.1 Å². The molecule has 96 valence electrons. The summed E-state index contributed by atoms with van der Waals surface area (Å²) in [6.45, 7) is 0. The van der Waals surface area contributed by atoms with Crippen LogP contribution < -0.4 is 0 Å². The molecular formula is C11H11F5O. The lowest BCUT2D eigenvalue weighted by molar-refractivity contribution is -0.136. The Balaban J connectivity index is 2.55. The standard InChI is InChI=1S/C11H11F5O/c12-7-3-4-8(9(13)6-7)10(17)2-1-5-11(14,15)16/h3-4,6,10,17H,1-2,5H2. The number of halogens is 5. The molecule has 17 heavy (non-hydrogen) atoms. The third kappa shape index (κ3) is 4.68. The third-order valence-corrected chi connectivity index (χ3v) is 2.26. The van der Waals surface area contributed by atoms with Crippen molar-refractivity contribution in [3.63, 3.8) is 0 Å². The zero-order valence-corrected chi connectivity index (χ0v) is 8.77. The van der Waals surface area contributed by atoms with E-state index in [1.807, 2.05) is 0 Å². The summed E-state index contributed by atoms with van der Waals surface area (Å²) in [4.78, 5) is 0. The molecule has 0 aliphatic heterocycles. The maximum atomic E-state index is 13.1. The van der Waals surface area contributed by atoms with E-state index in [1.54, 1.807) is 0 Å². The molecule has 6 heteroatoms. The van der Waals surface area contributed by atoms with Crippen LogP contribution in [0.5, 0.6) is 0 Å². The Hall–Kier alpha value is -1.17. The molecule has 0 radical (unpaired) electrons. The van der Waals surface area contributed by atoms with Crippen LogP contribution in [-0.4, -0.2) is 11.3 Å². The van der Waals surface area contributed by atoms with E-state index in [-0.39, 0.29) is 18.4 Å². The highest BCUT2D eigenvalue weighted by Crippen LogP contribution is 2.27. The minimum absolute atomic E-state index is 0.187. The molecule has 1 aromatic carbocycles. The van der Waals surface area contributed by atoms with Gasteiger partial charge in [0.2, 0.25) is 0 Å². The zero-order chi connectivity index (χ0) is 13.1. The van der Waals surface area contributed by atoms with Crippen LogP contribution in [0.15, 0.2) is 18.2 Å². The Bertz CT molecular complexity index is 375. The lowest BCUT2D eigenvalue weighted by Gasteiger charge is -2.12. The maximum Gasteiger partial charge on any atom is 0.389 e. The second-order valence-electron chi connectivity index (χ2n) is 3.69. The van der Waals surface area contributed by atoms with Crippen molar-refractivity contribution in [1.29, 1.82) is 0 Å². The number of benzene rings is 1. The first-order valence-corrected chi connectivity index (χ1v) is 4.99. The van der Waals surface area contributed by atoms with E-state index >= 15 is 0 Å². The van der Waals surface area contributed by atoms with Gasteiger partial charge in [-0.15, -0.1) is 0 Å². The molecule has 1 nitrogen and oxygen atoms in total. The van der Waals surface area contributed by atoms with Crippen LogP contribution in [0, 0.1) is 11.6 Å². The molecule has 0 amide bonds.